The number of pyridine rings is 1. The summed E-state index contributed by atoms with van der Waals surface area (Å²) in [4.78, 5) is 22.2. The second-order valence-corrected chi connectivity index (χ2v) is 9.52. The van der Waals surface area contributed by atoms with Crippen molar-refractivity contribution >= 4 is 23.5 Å². The van der Waals surface area contributed by atoms with E-state index in [2.05, 4.69) is 58.2 Å². The molecule has 0 aliphatic carbocycles. The molecule has 160 valence electrons. The van der Waals surface area contributed by atoms with Crippen molar-refractivity contribution in [3.63, 3.8) is 0 Å². The molecule has 0 unspecified atom stereocenters. The van der Waals surface area contributed by atoms with Crippen LogP contribution in [0.3, 0.4) is 0 Å². The van der Waals surface area contributed by atoms with Gasteiger partial charge in [-0.2, -0.15) is 0 Å². The Morgan fingerprint density at radius 1 is 1.00 bits per heavy atom. The minimum Gasteiger partial charge on any atom is -0.352 e. The SMILES string of the molecule is CC(C)Sc1ccc(CC(=O)N2CCN(c3ccc(-c4cccnc4)nn3)CC2)cc1. The van der Waals surface area contributed by atoms with Crippen molar-refractivity contribution in [2.24, 2.45) is 0 Å². The summed E-state index contributed by atoms with van der Waals surface area (Å²) in [6.07, 6.45) is 3.98. The second-order valence-electron chi connectivity index (χ2n) is 7.87. The Kier molecular flexibility index (Phi) is 6.82. The molecule has 31 heavy (non-hydrogen) atoms. The Balaban J connectivity index is 1.29. The molecule has 1 aliphatic heterocycles. The summed E-state index contributed by atoms with van der Waals surface area (Å²) >= 11 is 1.84. The van der Waals surface area contributed by atoms with Crippen LogP contribution in [0.1, 0.15) is 19.4 Å². The van der Waals surface area contributed by atoms with E-state index >= 15 is 0 Å². The molecule has 1 saturated heterocycles. The number of carbonyl (C=O) groups excluding carboxylic acids is 1. The molecule has 0 N–H and O–H groups in total. The van der Waals surface area contributed by atoms with Gasteiger partial charge in [-0.1, -0.05) is 26.0 Å². The van der Waals surface area contributed by atoms with Gasteiger partial charge in [-0.05, 0) is 42.0 Å². The third-order valence-electron chi connectivity index (χ3n) is 5.21. The zero-order chi connectivity index (χ0) is 21.6. The van der Waals surface area contributed by atoms with Crippen molar-refractivity contribution in [3.8, 4) is 11.3 Å². The number of hydrogen-bond acceptors (Lipinski definition) is 6. The summed E-state index contributed by atoms with van der Waals surface area (Å²) < 4.78 is 0. The van der Waals surface area contributed by atoms with Crippen molar-refractivity contribution in [1.82, 2.24) is 20.1 Å². The van der Waals surface area contributed by atoms with Crippen molar-refractivity contribution in [1.29, 1.82) is 0 Å². The van der Waals surface area contributed by atoms with E-state index in [9.17, 15) is 4.79 Å². The Morgan fingerprint density at radius 3 is 2.39 bits per heavy atom. The highest BCUT2D eigenvalue weighted by molar-refractivity contribution is 7.99. The van der Waals surface area contributed by atoms with E-state index in [4.69, 9.17) is 0 Å². The maximum absolute atomic E-state index is 12.7. The lowest BCUT2D eigenvalue weighted by Crippen LogP contribution is -2.49. The molecule has 1 fully saturated rings. The monoisotopic (exact) mass is 433 g/mol. The van der Waals surface area contributed by atoms with Crippen LogP contribution in [0.4, 0.5) is 5.82 Å². The summed E-state index contributed by atoms with van der Waals surface area (Å²) in [7, 11) is 0. The molecule has 6 nitrogen and oxygen atoms in total. The van der Waals surface area contributed by atoms with Gasteiger partial charge in [0.1, 0.15) is 0 Å². The topological polar surface area (TPSA) is 62.2 Å². The molecular formula is C24H27N5OS. The number of piperazine rings is 1. The van der Waals surface area contributed by atoms with Gasteiger partial charge in [0.2, 0.25) is 5.91 Å². The number of benzene rings is 1. The van der Waals surface area contributed by atoms with Crippen molar-refractivity contribution in [3.05, 3.63) is 66.5 Å². The summed E-state index contributed by atoms with van der Waals surface area (Å²) in [5, 5.41) is 9.29. The summed E-state index contributed by atoms with van der Waals surface area (Å²) in [5.41, 5.74) is 2.83. The minimum absolute atomic E-state index is 0.182. The largest absolute Gasteiger partial charge is 0.352 e. The lowest BCUT2D eigenvalue weighted by molar-refractivity contribution is -0.130. The molecule has 4 rings (SSSR count). The minimum atomic E-state index is 0.182. The summed E-state index contributed by atoms with van der Waals surface area (Å²) in [6.45, 7) is 7.29. The predicted octanol–water partition coefficient (Wildman–Crippen LogP) is 3.93. The molecule has 0 saturated carbocycles. The number of nitrogens with zero attached hydrogens (tertiary/aromatic N) is 5. The van der Waals surface area contributed by atoms with E-state index in [1.54, 1.807) is 12.4 Å². The zero-order valence-corrected chi connectivity index (χ0v) is 18.8. The van der Waals surface area contributed by atoms with Gasteiger partial charge in [0.15, 0.2) is 5.82 Å². The van der Waals surface area contributed by atoms with Crippen LogP contribution in [-0.2, 0) is 11.2 Å². The van der Waals surface area contributed by atoms with E-state index in [1.807, 2.05) is 40.9 Å². The van der Waals surface area contributed by atoms with Gasteiger partial charge in [-0.25, -0.2) is 0 Å². The molecule has 1 aliphatic rings. The van der Waals surface area contributed by atoms with Crippen LogP contribution < -0.4 is 4.90 Å². The molecule has 3 heterocycles. The highest BCUT2D eigenvalue weighted by Crippen LogP contribution is 2.23. The number of thioether (sulfide) groups is 1. The lowest BCUT2D eigenvalue weighted by Gasteiger charge is -2.35. The molecule has 0 spiro atoms. The third kappa shape index (κ3) is 5.61. The molecule has 0 radical (unpaired) electrons. The Labute approximate surface area is 187 Å². The first-order chi connectivity index (χ1) is 15.1. The van der Waals surface area contributed by atoms with Crippen LogP contribution in [-0.4, -0.2) is 57.4 Å². The fourth-order valence-corrected chi connectivity index (χ4v) is 4.43. The highest BCUT2D eigenvalue weighted by Gasteiger charge is 2.22. The number of carbonyl (C=O) groups is 1. The molecule has 0 atom stereocenters. The van der Waals surface area contributed by atoms with Gasteiger partial charge in [0.05, 0.1) is 12.1 Å². The number of anilines is 1. The lowest BCUT2D eigenvalue weighted by atomic mass is 10.1. The van der Waals surface area contributed by atoms with E-state index < -0.39 is 0 Å². The van der Waals surface area contributed by atoms with Gasteiger partial charge < -0.3 is 9.80 Å². The van der Waals surface area contributed by atoms with E-state index in [0.717, 1.165) is 35.7 Å². The second kappa shape index (κ2) is 9.92. The van der Waals surface area contributed by atoms with Crippen LogP contribution in [0.15, 0.2) is 65.8 Å². The average molecular weight is 434 g/mol. The van der Waals surface area contributed by atoms with E-state index in [-0.39, 0.29) is 5.91 Å². The smallest absolute Gasteiger partial charge is 0.227 e. The van der Waals surface area contributed by atoms with Crippen LogP contribution in [0.25, 0.3) is 11.3 Å². The molecule has 2 aromatic heterocycles. The average Bonchev–Trinajstić information content (AvgIpc) is 2.81. The van der Waals surface area contributed by atoms with Crippen molar-refractivity contribution in [2.45, 2.75) is 30.4 Å². The predicted molar refractivity (Wildman–Crippen MR) is 125 cm³/mol. The maximum atomic E-state index is 12.7. The molecule has 0 bridgehead atoms. The molecule has 1 aromatic carbocycles. The van der Waals surface area contributed by atoms with Crippen LogP contribution in [0.2, 0.25) is 0 Å². The quantitative estimate of drug-likeness (QED) is 0.549. The number of aromatic nitrogens is 3. The van der Waals surface area contributed by atoms with E-state index in [1.165, 1.54) is 4.90 Å². The zero-order valence-electron chi connectivity index (χ0n) is 17.9. The Hall–Kier alpha value is -2.93. The van der Waals surface area contributed by atoms with E-state index in [0.29, 0.717) is 24.8 Å². The molecule has 3 aromatic rings. The van der Waals surface area contributed by atoms with Gasteiger partial charge >= 0.3 is 0 Å². The molecule has 7 heteroatoms. The standard InChI is InChI=1S/C24H27N5OS/c1-18(2)31-21-7-5-19(6-8-21)16-24(30)29-14-12-28(13-15-29)23-10-9-22(26-27-23)20-4-3-11-25-17-20/h3-11,17-18H,12-16H2,1-2H3. The number of rotatable bonds is 6. The maximum Gasteiger partial charge on any atom is 0.227 e. The van der Waals surface area contributed by atoms with Crippen molar-refractivity contribution in [2.75, 3.05) is 31.1 Å². The Morgan fingerprint density at radius 2 is 1.77 bits per heavy atom. The van der Waals surface area contributed by atoms with Crippen molar-refractivity contribution < 1.29 is 4.79 Å². The first kappa shape index (κ1) is 21.3. The number of amides is 1. The normalized spacial score (nSPS) is 14.2. The van der Waals surface area contributed by atoms with Crippen LogP contribution in [0, 0.1) is 0 Å². The van der Waals surface area contributed by atoms with Gasteiger partial charge in [0, 0.05) is 54.3 Å². The Bertz CT molecular complexity index is 985. The first-order valence-electron chi connectivity index (χ1n) is 10.6. The fourth-order valence-electron chi connectivity index (χ4n) is 3.59. The van der Waals surface area contributed by atoms with Crippen LogP contribution >= 0.6 is 11.8 Å². The number of hydrogen-bond donors (Lipinski definition) is 0. The summed E-state index contributed by atoms with van der Waals surface area (Å²) in [6, 6.07) is 16.2. The third-order valence-corrected chi connectivity index (χ3v) is 6.23. The van der Waals surface area contributed by atoms with Gasteiger partial charge in [-0.3, -0.25) is 9.78 Å². The molecular weight excluding hydrogens is 406 g/mol. The van der Waals surface area contributed by atoms with Gasteiger partial charge in [-0.15, -0.1) is 22.0 Å². The highest BCUT2D eigenvalue weighted by atomic mass is 32.2. The van der Waals surface area contributed by atoms with Gasteiger partial charge in [0.25, 0.3) is 0 Å². The first-order valence-corrected chi connectivity index (χ1v) is 11.5. The summed E-state index contributed by atoms with van der Waals surface area (Å²) in [5.74, 6) is 1.03. The van der Waals surface area contributed by atoms with Crippen LogP contribution in [0.5, 0.6) is 0 Å². The fraction of sp³-hybridized carbons (Fsp3) is 0.333. The molecule has 1 amide bonds.